The van der Waals surface area contributed by atoms with Gasteiger partial charge in [0.05, 0.1) is 6.54 Å². The molecule has 2 fully saturated rings. The number of para-hydroxylation sites is 1. The number of anilines is 1. The summed E-state index contributed by atoms with van der Waals surface area (Å²) in [6, 6.07) is 8.67. The van der Waals surface area contributed by atoms with E-state index in [0.717, 1.165) is 18.8 Å². The van der Waals surface area contributed by atoms with Gasteiger partial charge in [-0.1, -0.05) is 18.2 Å². The minimum atomic E-state index is -4.22. The van der Waals surface area contributed by atoms with Gasteiger partial charge in [0.25, 0.3) is 0 Å². The molecule has 0 aromatic heterocycles. The second-order valence-electron chi connectivity index (χ2n) is 7.84. The zero-order chi connectivity index (χ0) is 22.4. The first kappa shape index (κ1) is 26.5. The van der Waals surface area contributed by atoms with Crippen molar-refractivity contribution in [1.82, 2.24) is 20.0 Å². The van der Waals surface area contributed by atoms with Gasteiger partial charge in [0.15, 0.2) is 5.96 Å². The maximum Gasteiger partial charge on any atom is 0.403 e. The maximum absolute atomic E-state index is 12.9. The van der Waals surface area contributed by atoms with Crippen molar-refractivity contribution in [3.63, 3.8) is 0 Å². The third-order valence-electron chi connectivity index (χ3n) is 6.00. The van der Waals surface area contributed by atoms with Crippen LogP contribution in [0.15, 0.2) is 35.3 Å². The topological polar surface area (TPSA) is 54.4 Å². The fourth-order valence-corrected chi connectivity index (χ4v) is 3.98. The van der Waals surface area contributed by atoms with Crippen molar-refractivity contribution in [2.75, 3.05) is 70.9 Å². The summed E-state index contributed by atoms with van der Waals surface area (Å²) < 4.78 is 38.8. The Balaban J connectivity index is 0.00000363. The van der Waals surface area contributed by atoms with Crippen LogP contribution in [0.4, 0.5) is 18.9 Å². The Morgan fingerprint density at radius 1 is 1.00 bits per heavy atom. The Kier molecular flexibility index (Phi) is 9.86. The van der Waals surface area contributed by atoms with Gasteiger partial charge in [0.1, 0.15) is 6.04 Å². The Labute approximate surface area is 204 Å². The minimum absolute atomic E-state index is 0. The first-order valence-electron chi connectivity index (χ1n) is 10.6. The number of carbonyl (C=O) groups excluding carboxylic acids is 1. The monoisotopic (exact) mass is 568 g/mol. The molecule has 1 amide bonds. The standard InChI is InChI=1S/C21H31F3N6O.HI/c1-17(21(22,23)24)27-8-14-30(15-9-27)20(25-2)26-16-19(31)29-12-10-28(11-13-29)18-6-4-3-5-7-18;/h3-7,17H,8-16H2,1-2H3,(H,25,26);1H. The van der Waals surface area contributed by atoms with Crippen LogP contribution in [0.3, 0.4) is 0 Å². The molecule has 0 spiro atoms. The highest BCUT2D eigenvalue weighted by Gasteiger charge is 2.41. The molecule has 1 aromatic rings. The number of aliphatic imine (C=N–C) groups is 1. The van der Waals surface area contributed by atoms with Crippen LogP contribution in [0, 0.1) is 0 Å². The van der Waals surface area contributed by atoms with E-state index >= 15 is 0 Å². The molecule has 1 atom stereocenters. The van der Waals surface area contributed by atoms with Gasteiger partial charge in [-0.3, -0.25) is 14.7 Å². The summed E-state index contributed by atoms with van der Waals surface area (Å²) in [5, 5.41) is 3.08. The van der Waals surface area contributed by atoms with Crippen molar-refractivity contribution < 1.29 is 18.0 Å². The minimum Gasteiger partial charge on any atom is -0.368 e. The number of piperazine rings is 2. The quantitative estimate of drug-likeness (QED) is 0.343. The zero-order valence-electron chi connectivity index (χ0n) is 18.5. The Bertz CT molecular complexity index is 748. The number of carbonyl (C=O) groups is 1. The van der Waals surface area contributed by atoms with Crippen molar-refractivity contribution in [2.45, 2.75) is 19.1 Å². The average Bonchev–Trinajstić information content (AvgIpc) is 2.79. The van der Waals surface area contributed by atoms with Crippen LogP contribution in [0.25, 0.3) is 0 Å². The highest BCUT2D eigenvalue weighted by molar-refractivity contribution is 14.0. The van der Waals surface area contributed by atoms with E-state index < -0.39 is 12.2 Å². The summed E-state index contributed by atoms with van der Waals surface area (Å²) in [6.07, 6.45) is -4.22. The molecule has 0 aliphatic carbocycles. The molecule has 32 heavy (non-hydrogen) atoms. The van der Waals surface area contributed by atoms with Gasteiger partial charge in [-0.2, -0.15) is 13.2 Å². The SMILES string of the molecule is CN=C(NCC(=O)N1CCN(c2ccccc2)CC1)N1CCN(C(C)C(F)(F)F)CC1.I. The summed E-state index contributed by atoms with van der Waals surface area (Å²) in [5.41, 5.74) is 1.16. The van der Waals surface area contributed by atoms with Crippen molar-refractivity contribution in [3.05, 3.63) is 30.3 Å². The molecule has 1 N–H and O–H groups in total. The fraction of sp³-hybridized carbons (Fsp3) is 0.619. The first-order valence-corrected chi connectivity index (χ1v) is 10.6. The van der Waals surface area contributed by atoms with E-state index in [1.807, 2.05) is 28.0 Å². The molecule has 2 aliphatic rings. The summed E-state index contributed by atoms with van der Waals surface area (Å²) in [4.78, 5) is 24.3. The van der Waals surface area contributed by atoms with E-state index in [-0.39, 0.29) is 36.4 Å². The number of nitrogens with zero attached hydrogens (tertiary/aromatic N) is 5. The lowest BCUT2D eigenvalue weighted by Crippen LogP contribution is -2.57. The van der Waals surface area contributed by atoms with Crippen molar-refractivity contribution in [1.29, 1.82) is 0 Å². The Morgan fingerprint density at radius 3 is 2.09 bits per heavy atom. The molecule has 180 valence electrons. The molecule has 2 saturated heterocycles. The largest absolute Gasteiger partial charge is 0.403 e. The van der Waals surface area contributed by atoms with Gasteiger partial charge in [0.2, 0.25) is 5.91 Å². The lowest BCUT2D eigenvalue weighted by atomic mass is 10.2. The molecule has 2 heterocycles. The maximum atomic E-state index is 12.9. The zero-order valence-corrected chi connectivity index (χ0v) is 20.8. The molecular formula is C21H32F3IN6O. The number of halogens is 4. The normalized spacial score (nSPS) is 19.4. The molecule has 0 bridgehead atoms. The summed E-state index contributed by atoms with van der Waals surface area (Å²) in [5.74, 6) is 0.550. The van der Waals surface area contributed by atoms with Crippen LogP contribution in [0.1, 0.15) is 6.92 Å². The van der Waals surface area contributed by atoms with E-state index in [2.05, 4.69) is 27.3 Å². The van der Waals surface area contributed by atoms with Gasteiger partial charge >= 0.3 is 6.18 Å². The van der Waals surface area contributed by atoms with Gasteiger partial charge in [-0.15, -0.1) is 24.0 Å². The van der Waals surface area contributed by atoms with E-state index in [9.17, 15) is 18.0 Å². The van der Waals surface area contributed by atoms with E-state index in [4.69, 9.17) is 0 Å². The number of guanidine groups is 1. The second kappa shape index (κ2) is 11.9. The van der Waals surface area contributed by atoms with Crippen molar-refractivity contribution in [3.8, 4) is 0 Å². The molecule has 7 nitrogen and oxygen atoms in total. The van der Waals surface area contributed by atoms with Crippen LogP contribution in [0.5, 0.6) is 0 Å². The van der Waals surface area contributed by atoms with Crippen LogP contribution < -0.4 is 10.2 Å². The number of amides is 1. The smallest absolute Gasteiger partial charge is 0.368 e. The third kappa shape index (κ3) is 6.87. The number of nitrogens with one attached hydrogen (secondary N) is 1. The lowest BCUT2D eigenvalue weighted by molar-refractivity contribution is -0.181. The molecule has 0 radical (unpaired) electrons. The molecule has 1 aromatic carbocycles. The number of benzene rings is 1. The molecule has 3 rings (SSSR count). The van der Waals surface area contributed by atoms with Crippen LogP contribution in [-0.4, -0.2) is 105 Å². The molecule has 2 aliphatic heterocycles. The average molecular weight is 568 g/mol. The van der Waals surface area contributed by atoms with Crippen LogP contribution in [0.2, 0.25) is 0 Å². The van der Waals surface area contributed by atoms with Gasteiger partial charge < -0.3 is 20.0 Å². The molecule has 1 unspecified atom stereocenters. The predicted octanol–water partition coefficient (Wildman–Crippen LogP) is 2.10. The van der Waals surface area contributed by atoms with Gasteiger partial charge in [-0.05, 0) is 19.1 Å². The Morgan fingerprint density at radius 2 is 1.56 bits per heavy atom. The van der Waals surface area contributed by atoms with E-state index in [0.29, 0.717) is 45.2 Å². The predicted molar refractivity (Wildman–Crippen MR) is 131 cm³/mol. The van der Waals surface area contributed by atoms with Crippen LogP contribution >= 0.6 is 24.0 Å². The first-order chi connectivity index (χ1) is 14.8. The summed E-state index contributed by atoms with van der Waals surface area (Å²) >= 11 is 0. The second-order valence-corrected chi connectivity index (χ2v) is 7.84. The highest BCUT2D eigenvalue weighted by atomic mass is 127. The molecule has 11 heteroatoms. The molecular weight excluding hydrogens is 536 g/mol. The van der Waals surface area contributed by atoms with Crippen molar-refractivity contribution in [2.24, 2.45) is 4.99 Å². The van der Waals surface area contributed by atoms with Crippen LogP contribution in [-0.2, 0) is 4.79 Å². The third-order valence-corrected chi connectivity index (χ3v) is 6.00. The van der Waals surface area contributed by atoms with Crippen molar-refractivity contribution >= 4 is 41.5 Å². The van der Waals surface area contributed by atoms with E-state index in [1.54, 1.807) is 7.05 Å². The van der Waals surface area contributed by atoms with Gasteiger partial charge in [0, 0.05) is 65.1 Å². The molecule has 0 saturated carbocycles. The fourth-order valence-electron chi connectivity index (χ4n) is 3.98. The number of hydrogen-bond acceptors (Lipinski definition) is 4. The summed E-state index contributed by atoms with van der Waals surface area (Å²) in [6.45, 7) is 5.66. The lowest BCUT2D eigenvalue weighted by Gasteiger charge is -2.40. The number of rotatable bonds is 4. The Hall–Kier alpha value is -1.76. The van der Waals surface area contributed by atoms with E-state index in [1.165, 1.54) is 11.8 Å². The van der Waals surface area contributed by atoms with Gasteiger partial charge in [-0.25, -0.2) is 0 Å². The highest BCUT2D eigenvalue weighted by Crippen LogP contribution is 2.25. The number of alkyl halides is 3. The summed E-state index contributed by atoms with van der Waals surface area (Å²) in [7, 11) is 1.62. The number of hydrogen-bond donors (Lipinski definition) is 1.